The van der Waals surface area contributed by atoms with Gasteiger partial charge in [-0.15, -0.1) is 0 Å². The number of carbonyl (C=O) groups excluding carboxylic acids is 3. The Balaban J connectivity index is 4.42. The van der Waals surface area contributed by atoms with E-state index in [4.69, 9.17) is 14.2 Å². The fourth-order valence-corrected chi connectivity index (χ4v) is 8.57. The molecule has 0 fully saturated rings. The largest absolute Gasteiger partial charge is 0.462 e. The molecule has 75 heavy (non-hydrogen) atoms. The van der Waals surface area contributed by atoms with E-state index in [1.807, 2.05) is 0 Å². The van der Waals surface area contributed by atoms with Crippen LogP contribution < -0.4 is 0 Å². The zero-order valence-corrected chi connectivity index (χ0v) is 49.0. The molecule has 0 rings (SSSR count). The minimum Gasteiger partial charge on any atom is -0.462 e. The maximum Gasteiger partial charge on any atom is 0.306 e. The number of hydrogen-bond donors (Lipinski definition) is 0. The Kier molecular flexibility index (Phi) is 59.3. The molecule has 0 saturated carbocycles. The topological polar surface area (TPSA) is 78.9 Å². The predicted molar refractivity (Wildman–Crippen MR) is 325 cm³/mol. The summed E-state index contributed by atoms with van der Waals surface area (Å²) in [4.78, 5) is 38.2. The zero-order valence-electron chi connectivity index (χ0n) is 49.0. The van der Waals surface area contributed by atoms with Gasteiger partial charge in [-0.05, 0) is 109 Å². The Morgan fingerprint density at radius 3 is 0.867 bits per heavy atom. The highest BCUT2D eigenvalue weighted by Gasteiger charge is 2.19. The molecule has 0 aromatic rings. The summed E-state index contributed by atoms with van der Waals surface area (Å²) in [6, 6.07) is 0. The van der Waals surface area contributed by atoms with Crippen LogP contribution in [0.1, 0.15) is 290 Å². The molecule has 0 aliphatic carbocycles. The highest BCUT2D eigenvalue weighted by molar-refractivity contribution is 5.71. The molecule has 0 aromatic heterocycles. The molecule has 0 bridgehead atoms. The van der Waals surface area contributed by atoms with E-state index in [1.165, 1.54) is 135 Å². The molecule has 428 valence electrons. The first-order valence-corrected chi connectivity index (χ1v) is 31.4. The number of unbranched alkanes of at least 4 members (excludes halogenated alkanes) is 27. The normalized spacial score (nSPS) is 12.8. The molecule has 0 aliphatic heterocycles. The summed E-state index contributed by atoms with van der Waals surface area (Å²) >= 11 is 0. The minimum absolute atomic E-state index is 0.0949. The first kappa shape index (κ1) is 71.1. The molecular weight excluding hydrogens is 925 g/mol. The van der Waals surface area contributed by atoms with Crippen molar-refractivity contribution < 1.29 is 28.6 Å². The number of hydrogen-bond acceptors (Lipinski definition) is 6. The molecule has 0 N–H and O–H groups in total. The number of carbonyl (C=O) groups is 3. The van der Waals surface area contributed by atoms with Crippen molar-refractivity contribution in [2.24, 2.45) is 0 Å². The van der Waals surface area contributed by atoms with Crippen molar-refractivity contribution in [2.45, 2.75) is 297 Å². The van der Waals surface area contributed by atoms with Crippen LogP contribution in [0.3, 0.4) is 0 Å². The lowest BCUT2D eigenvalue weighted by atomic mass is 10.0. The molecular formula is C69H116O6. The average Bonchev–Trinajstić information content (AvgIpc) is 3.41. The van der Waals surface area contributed by atoms with Gasteiger partial charge in [-0.25, -0.2) is 0 Å². The van der Waals surface area contributed by atoms with Crippen LogP contribution in [0, 0.1) is 0 Å². The summed E-state index contributed by atoms with van der Waals surface area (Å²) in [6.07, 6.45) is 85.2. The van der Waals surface area contributed by atoms with E-state index >= 15 is 0 Å². The standard InChI is InChI=1S/C69H116O6/c1-4-7-10-13-16-19-22-25-27-29-30-31-32-33-34-35-36-37-38-40-41-44-47-50-53-56-59-62-68(71)74-65-66(64-73-67(70)61-58-55-52-49-46-43-24-21-18-15-12-9-6-3)75-69(72)63-60-57-54-51-48-45-42-39-28-26-23-20-17-14-11-8-5-2/h7,10,16,19,21,24-25,27,30-31,33-34,36-37,40-41,47,50,66H,4-6,8-9,11-15,17-18,20,22-23,26,28-29,32,35,38-39,42-46,48-49,51-65H2,1-3H3/b10-7-,19-16-,24-21-,27-25-,31-30-,34-33-,37-36-,41-40-,50-47-. The maximum absolute atomic E-state index is 12.9. The van der Waals surface area contributed by atoms with Gasteiger partial charge >= 0.3 is 17.9 Å². The van der Waals surface area contributed by atoms with Crippen LogP contribution in [0.2, 0.25) is 0 Å². The Bertz CT molecular complexity index is 1520. The molecule has 6 heteroatoms. The molecule has 0 radical (unpaired) electrons. The fraction of sp³-hybridized carbons (Fsp3) is 0.696. The van der Waals surface area contributed by atoms with Crippen LogP contribution >= 0.6 is 0 Å². The fourth-order valence-electron chi connectivity index (χ4n) is 8.57. The SMILES string of the molecule is CC/C=C\C/C=C\C/C=C\C/C=C\C/C=C\C/C=C\C/C=C\C/C=C\CCCCC(=O)OCC(COC(=O)CCCCCCC/C=C\CCCCCC)OC(=O)CCCCCCCCCCCCCCCCCCC. The first-order chi connectivity index (χ1) is 37.0. The Hall–Kier alpha value is -3.93. The highest BCUT2D eigenvalue weighted by atomic mass is 16.6. The average molecular weight is 1040 g/mol. The third-order valence-electron chi connectivity index (χ3n) is 13.3. The van der Waals surface area contributed by atoms with Crippen molar-refractivity contribution in [3.63, 3.8) is 0 Å². The lowest BCUT2D eigenvalue weighted by Crippen LogP contribution is -2.30. The molecule has 1 atom stereocenters. The van der Waals surface area contributed by atoms with E-state index in [9.17, 15) is 14.4 Å². The highest BCUT2D eigenvalue weighted by Crippen LogP contribution is 2.16. The lowest BCUT2D eigenvalue weighted by Gasteiger charge is -2.18. The van der Waals surface area contributed by atoms with Gasteiger partial charge in [-0.3, -0.25) is 14.4 Å². The number of esters is 3. The summed E-state index contributed by atoms with van der Waals surface area (Å²) < 4.78 is 16.9. The zero-order chi connectivity index (χ0) is 54.3. The van der Waals surface area contributed by atoms with Crippen molar-refractivity contribution in [1.82, 2.24) is 0 Å². The van der Waals surface area contributed by atoms with Gasteiger partial charge in [0.1, 0.15) is 13.2 Å². The summed E-state index contributed by atoms with van der Waals surface area (Å²) in [6.45, 7) is 6.49. The second-order valence-corrected chi connectivity index (χ2v) is 20.6. The third-order valence-corrected chi connectivity index (χ3v) is 13.3. The smallest absolute Gasteiger partial charge is 0.306 e. The number of ether oxygens (including phenoxy) is 3. The molecule has 0 aromatic carbocycles. The molecule has 0 spiro atoms. The van der Waals surface area contributed by atoms with E-state index in [1.54, 1.807) is 0 Å². The van der Waals surface area contributed by atoms with Crippen LogP contribution in [0.5, 0.6) is 0 Å². The molecule has 0 saturated heterocycles. The van der Waals surface area contributed by atoms with Crippen molar-refractivity contribution in [3.05, 3.63) is 109 Å². The lowest BCUT2D eigenvalue weighted by molar-refractivity contribution is -0.167. The summed E-state index contributed by atoms with van der Waals surface area (Å²) in [5.74, 6) is -0.941. The quantitative estimate of drug-likeness (QED) is 0.0261. The van der Waals surface area contributed by atoms with Crippen molar-refractivity contribution in [2.75, 3.05) is 13.2 Å². The van der Waals surface area contributed by atoms with E-state index in [0.29, 0.717) is 19.3 Å². The van der Waals surface area contributed by atoms with Gasteiger partial charge in [0, 0.05) is 19.3 Å². The van der Waals surface area contributed by atoms with Gasteiger partial charge in [0.05, 0.1) is 0 Å². The van der Waals surface area contributed by atoms with Crippen LogP contribution in [-0.2, 0) is 28.6 Å². The van der Waals surface area contributed by atoms with Gasteiger partial charge in [-0.2, -0.15) is 0 Å². The third kappa shape index (κ3) is 60.8. The van der Waals surface area contributed by atoms with Crippen molar-refractivity contribution >= 4 is 17.9 Å². The van der Waals surface area contributed by atoms with Crippen LogP contribution in [-0.4, -0.2) is 37.2 Å². The summed E-state index contributed by atoms with van der Waals surface area (Å²) in [7, 11) is 0. The van der Waals surface area contributed by atoms with E-state index in [2.05, 4.69) is 130 Å². The first-order valence-electron chi connectivity index (χ1n) is 31.4. The Labute approximate surface area is 463 Å². The Morgan fingerprint density at radius 2 is 0.520 bits per heavy atom. The van der Waals surface area contributed by atoms with Crippen LogP contribution in [0.4, 0.5) is 0 Å². The van der Waals surface area contributed by atoms with E-state index in [0.717, 1.165) is 116 Å². The predicted octanol–water partition coefficient (Wildman–Crippen LogP) is 21.4. The van der Waals surface area contributed by atoms with Crippen molar-refractivity contribution in [1.29, 1.82) is 0 Å². The monoisotopic (exact) mass is 1040 g/mol. The van der Waals surface area contributed by atoms with Crippen molar-refractivity contribution in [3.8, 4) is 0 Å². The van der Waals surface area contributed by atoms with Gasteiger partial charge in [0.15, 0.2) is 6.10 Å². The number of rotatable bonds is 56. The van der Waals surface area contributed by atoms with Gasteiger partial charge in [0.2, 0.25) is 0 Å². The van der Waals surface area contributed by atoms with Gasteiger partial charge in [-0.1, -0.05) is 271 Å². The van der Waals surface area contributed by atoms with E-state index in [-0.39, 0.29) is 31.1 Å². The van der Waals surface area contributed by atoms with Crippen LogP contribution in [0.15, 0.2) is 109 Å². The molecule has 0 heterocycles. The molecule has 6 nitrogen and oxygen atoms in total. The Morgan fingerprint density at radius 1 is 0.280 bits per heavy atom. The van der Waals surface area contributed by atoms with Crippen LogP contribution in [0.25, 0.3) is 0 Å². The summed E-state index contributed by atoms with van der Waals surface area (Å²) in [5, 5.41) is 0. The van der Waals surface area contributed by atoms with E-state index < -0.39 is 6.10 Å². The molecule has 0 aliphatic rings. The second-order valence-electron chi connectivity index (χ2n) is 20.6. The second kappa shape index (κ2) is 62.6. The molecule has 1 unspecified atom stereocenters. The van der Waals surface area contributed by atoms with Gasteiger partial charge in [0.25, 0.3) is 0 Å². The minimum atomic E-state index is -0.800. The maximum atomic E-state index is 12.9. The molecule has 0 amide bonds. The summed E-state index contributed by atoms with van der Waals surface area (Å²) in [5.41, 5.74) is 0. The van der Waals surface area contributed by atoms with Gasteiger partial charge < -0.3 is 14.2 Å². The number of allylic oxidation sites excluding steroid dienone is 18.